The van der Waals surface area contributed by atoms with Gasteiger partial charge in [-0.1, -0.05) is 24.3 Å². The van der Waals surface area contributed by atoms with Crippen LogP contribution in [0.5, 0.6) is 0 Å². The van der Waals surface area contributed by atoms with Crippen LogP contribution in [0.4, 0.5) is 4.39 Å². The zero-order valence-corrected chi connectivity index (χ0v) is 12.8. The van der Waals surface area contributed by atoms with Crippen molar-refractivity contribution in [2.45, 2.75) is 10.5 Å². The number of hydrogen-bond acceptors (Lipinski definition) is 4. The van der Waals surface area contributed by atoms with Gasteiger partial charge in [0.1, 0.15) is 17.5 Å². The molecule has 0 aliphatic carbocycles. The molecule has 7 heteroatoms. The van der Waals surface area contributed by atoms with E-state index in [0.717, 1.165) is 4.31 Å². The van der Waals surface area contributed by atoms with Crippen LogP contribution in [0.15, 0.2) is 53.4 Å². The van der Waals surface area contributed by atoms with Crippen molar-refractivity contribution in [3.05, 3.63) is 65.5 Å². The first-order valence-electron chi connectivity index (χ1n) is 6.84. The number of nitrogens with zero attached hydrogens (tertiary/aromatic N) is 2. The Balaban J connectivity index is 1.86. The summed E-state index contributed by atoms with van der Waals surface area (Å²) in [5, 5.41) is 19.5. The maximum Gasteiger partial charge on any atom is 0.244 e. The molecule has 1 N–H and O–H groups in total. The van der Waals surface area contributed by atoms with E-state index in [-0.39, 0.29) is 23.5 Å². The first-order chi connectivity index (χ1) is 10.9. The van der Waals surface area contributed by atoms with Crippen LogP contribution in [0, 0.1) is 17.1 Å². The molecule has 23 heavy (non-hydrogen) atoms. The number of sulfonamides is 1. The first kappa shape index (κ1) is 15.6. The van der Waals surface area contributed by atoms with Crippen LogP contribution >= 0.6 is 0 Å². The molecule has 2 aromatic rings. The van der Waals surface area contributed by atoms with Crippen LogP contribution in [0.25, 0.3) is 0 Å². The highest BCUT2D eigenvalue weighted by Gasteiger charge is 2.48. The Morgan fingerprint density at radius 3 is 2.35 bits per heavy atom. The molecule has 0 aromatic heterocycles. The summed E-state index contributed by atoms with van der Waals surface area (Å²) in [6, 6.07) is 13.1. The van der Waals surface area contributed by atoms with Crippen molar-refractivity contribution in [1.29, 1.82) is 5.26 Å². The third kappa shape index (κ3) is 2.61. The van der Waals surface area contributed by atoms with E-state index in [9.17, 15) is 17.9 Å². The number of hydrogen-bond donors (Lipinski definition) is 1. The third-order valence-electron chi connectivity index (χ3n) is 3.88. The summed E-state index contributed by atoms with van der Waals surface area (Å²) in [6.45, 7) is -0.276. The highest BCUT2D eigenvalue weighted by atomic mass is 32.2. The van der Waals surface area contributed by atoms with Crippen LogP contribution in [-0.2, 0) is 15.6 Å². The van der Waals surface area contributed by atoms with Gasteiger partial charge in [-0.2, -0.15) is 9.57 Å². The van der Waals surface area contributed by atoms with Gasteiger partial charge < -0.3 is 5.11 Å². The van der Waals surface area contributed by atoms with Gasteiger partial charge in [0.2, 0.25) is 10.0 Å². The fraction of sp³-hybridized carbons (Fsp3) is 0.188. The topological polar surface area (TPSA) is 81.4 Å². The van der Waals surface area contributed by atoms with Crippen molar-refractivity contribution in [2.24, 2.45) is 0 Å². The Kier molecular flexibility index (Phi) is 3.68. The lowest BCUT2D eigenvalue weighted by atomic mass is 9.88. The van der Waals surface area contributed by atoms with Gasteiger partial charge in [-0.05, 0) is 29.8 Å². The number of rotatable bonds is 3. The third-order valence-corrected chi connectivity index (χ3v) is 5.73. The molecule has 0 radical (unpaired) electrons. The van der Waals surface area contributed by atoms with Crippen molar-refractivity contribution in [1.82, 2.24) is 4.31 Å². The van der Waals surface area contributed by atoms with Gasteiger partial charge in [0.25, 0.3) is 0 Å². The average Bonchev–Trinajstić information content (AvgIpc) is 2.52. The standard InChI is InChI=1S/C16H13FN2O3S/c17-14-7-5-13(6-8-14)16(20)10-19(11-16)23(21,22)15-4-2-1-3-12(15)9-18/h1-8,20H,10-11H2. The smallest absolute Gasteiger partial charge is 0.244 e. The Morgan fingerprint density at radius 1 is 1.13 bits per heavy atom. The summed E-state index contributed by atoms with van der Waals surface area (Å²) in [4.78, 5) is -0.0799. The molecule has 0 saturated carbocycles. The lowest BCUT2D eigenvalue weighted by molar-refractivity contribution is -0.0648. The van der Waals surface area contributed by atoms with Gasteiger partial charge in [-0.25, -0.2) is 12.8 Å². The number of benzene rings is 2. The second kappa shape index (κ2) is 5.42. The Hall–Kier alpha value is -2.27. The van der Waals surface area contributed by atoms with E-state index >= 15 is 0 Å². The summed E-state index contributed by atoms with van der Waals surface area (Å²) in [5.74, 6) is -0.427. The van der Waals surface area contributed by atoms with Gasteiger partial charge in [-0.15, -0.1) is 0 Å². The quantitative estimate of drug-likeness (QED) is 0.925. The molecule has 0 spiro atoms. The number of nitriles is 1. The predicted octanol–water partition coefficient (Wildman–Crippen LogP) is 1.59. The maximum absolute atomic E-state index is 12.9. The molecule has 0 unspecified atom stereocenters. The van der Waals surface area contributed by atoms with E-state index in [1.807, 2.05) is 6.07 Å². The lowest BCUT2D eigenvalue weighted by Gasteiger charge is -2.45. The monoisotopic (exact) mass is 332 g/mol. The van der Waals surface area contributed by atoms with Gasteiger partial charge >= 0.3 is 0 Å². The Bertz CT molecular complexity index is 882. The van der Waals surface area contributed by atoms with Gasteiger partial charge in [0, 0.05) is 13.1 Å². The highest BCUT2D eigenvalue weighted by molar-refractivity contribution is 7.89. The zero-order valence-electron chi connectivity index (χ0n) is 12.0. The first-order valence-corrected chi connectivity index (χ1v) is 8.28. The maximum atomic E-state index is 12.9. The summed E-state index contributed by atoms with van der Waals surface area (Å²) in [5.41, 5.74) is -0.828. The lowest BCUT2D eigenvalue weighted by Crippen LogP contribution is -2.61. The van der Waals surface area contributed by atoms with Crippen LogP contribution in [-0.4, -0.2) is 30.9 Å². The fourth-order valence-corrected chi connectivity index (χ4v) is 4.26. The molecule has 0 amide bonds. The summed E-state index contributed by atoms with van der Waals surface area (Å²) >= 11 is 0. The predicted molar refractivity (Wildman–Crippen MR) is 80.2 cm³/mol. The van der Waals surface area contributed by atoms with Crippen molar-refractivity contribution < 1.29 is 17.9 Å². The molecule has 5 nitrogen and oxygen atoms in total. The molecule has 1 saturated heterocycles. The summed E-state index contributed by atoms with van der Waals surface area (Å²) < 4.78 is 39.2. The molecule has 2 aromatic carbocycles. The second-order valence-corrected chi connectivity index (χ2v) is 7.33. The fourth-order valence-electron chi connectivity index (χ4n) is 2.57. The SMILES string of the molecule is N#Cc1ccccc1S(=O)(=O)N1CC(O)(c2ccc(F)cc2)C1. The van der Waals surface area contributed by atoms with Gasteiger partial charge in [0.15, 0.2) is 0 Å². The Morgan fingerprint density at radius 2 is 1.74 bits per heavy atom. The van der Waals surface area contributed by atoms with Crippen LogP contribution < -0.4 is 0 Å². The van der Waals surface area contributed by atoms with E-state index in [1.54, 1.807) is 12.1 Å². The molecule has 1 aliphatic rings. The minimum Gasteiger partial charge on any atom is -0.382 e. The van der Waals surface area contributed by atoms with Crippen molar-refractivity contribution >= 4 is 10.0 Å². The molecule has 0 bridgehead atoms. The molecule has 118 valence electrons. The van der Waals surface area contributed by atoms with E-state index in [2.05, 4.69) is 0 Å². The van der Waals surface area contributed by atoms with E-state index < -0.39 is 21.4 Å². The van der Waals surface area contributed by atoms with Gasteiger partial charge in [-0.3, -0.25) is 0 Å². The largest absolute Gasteiger partial charge is 0.382 e. The number of β-amino-alcohol motifs (C(OH)–C–C–N with tert-alkyl or cyclic N) is 1. The number of halogens is 1. The summed E-state index contributed by atoms with van der Waals surface area (Å²) in [6.07, 6.45) is 0. The molecule has 3 rings (SSSR count). The van der Waals surface area contributed by atoms with E-state index in [1.165, 1.54) is 36.4 Å². The molecular formula is C16H13FN2O3S. The van der Waals surface area contributed by atoms with Crippen molar-refractivity contribution in [2.75, 3.05) is 13.1 Å². The number of aliphatic hydroxyl groups is 1. The Labute approximate surface area is 133 Å². The minimum atomic E-state index is -3.86. The van der Waals surface area contributed by atoms with E-state index in [0.29, 0.717) is 5.56 Å². The van der Waals surface area contributed by atoms with Crippen molar-refractivity contribution in [3.63, 3.8) is 0 Å². The van der Waals surface area contributed by atoms with Crippen LogP contribution in [0.1, 0.15) is 11.1 Å². The molecule has 0 atom stereocenters. The summed E-state index contributed by atoms with van der Waals surface area (Å²) in [7, 11) is -3.86. The average molecular weight is 332 g/mol. The van der Waals surface area contributed by atoms with Crippen LogP contribution in [0.2, 0.25) is 0 Å². The molecule has 1 aliphatic heterocycles. The molecular weight excluding hydrogens is 319 g/mol. The second-order valence-electron chi connectivity index (χ2n) is 5.42. The normalized spacial score (nSPS) is 17.3. The van der Waals surface area contributed by atoms with E-state index in [4.69, 9.17) is 5.26 Å². The molecule has 1 fully saturated rings. The zero-order chi connectivity index (χ0) is 16.7. The minimum absolute atomic E-state index is 0.0599. The highest BCUT2D eigenvalue weighted by Crippen LogP contribution is 2.36. The van der Waals surface area contributed by atoms with Crippen LogP contribution in [0.3, 0.4) is 0 Å². The van der Waals surface area contributed by atoms with Crippen molar-refractivity contribution in [3.8, 4) is 6.07 Å². The molecule has 1 heterocycles. The van der Waals surface area contributed by atoms with Gasteiger partial charge in [0.05, 0.1) is 10.5 Å².